The molecule has 2 aromatic heterocycles. The largest absolute Gasteiger partial charge is 0.466 e. The van der Waals surface area contributed by atoms with Gasteiger partial charge in [-0.3, -0.25) is 4.79 Å². The van der Waals surface area contributed by atoms with Crippen molar-refractivity contribution in [1.29, 1.82) is 0 Å². The molecule has 3 aromatic rings. The monoisotopic (exact) mass is 325 g/mol. The molecule has 0 fully saturated rings. The number of hydrogen-bond donors (Lipinski definition) is 1. The molecule has 1 amide bonds. The van der Waals surface area contributed by atoms with Crippen LogP contribution in [-0.2, 0) is 13.0 Å². The molecule has 0 saturated carbocycles. The molecule has 0 aliphatic heterocycles. The van der Waals surface area contributed by atoms with E-state index in [2.05, 4.69) is 20.8 Å². The van der Waals surface area contributed by atoms with Crippen LogP contribution < -0.4 is 5.32 Å². The van der Waals surface area contributed by atoms with Gasteiger partial charge in [0.15, 0.2) is 5.82 Å². The summed E-state index contributed by atoms with van der Waals surface area (Å²) in [7, 11) is 0. The van der Waals surface area contributed by atoms with Gasteiger partial charge in [-0.15, -0.1) is 5.10 Å². The summed E-state index contributed by atoms with van der Waals surface area (Å²) in [4.78, 5) is 12.3. The van der Waals surface area contributed by atoms with Crippen molar-refractivity contribution in [2.24, 2.45) is 0 Å². The first-order valence-corrected chi connectivity index (χ1v) is 7.87. The van der Waals surface area contributed by atoms with Gasteiger partial charge in [-0.1, -0.05) is 12.1 Å². The summed E-state index contributed by atoms with van der Waals surface area (Å²) < 4.78 is 7.18. The van der Waals surface area contributed by atoms with Crippen molar-refractivity contribution >= 4 is 5.91 Å². The second-order valence-electron chi connectivity index (χ2n) is 5.42. The molecule has 7 nitrogen and oxygen atoms in total. The van der Waals surface area contributed by atoms with Gasteiger partial charge in [0.2, 0.25) is 0 Å². The summed E-state index contributed by atoms with van der Waals surface area (Å²) in [6.07, 6.45) is 0.660. The smallest absolute Gasteiger partial charge is 0.251 e. The average Bonchev–Trinajstić information content (AvgIpc) is 3.23. The minimum Gasteiger partial charge on any atom is -0.466 e. The minimum atomic E-state index is -0.129. The quantitative estimate of drug-likeness (QED) is 0.751. The molecule has 1 N–H and O–H groups in total. The average molecular weight is 325 g/mol. The number of carbonyl (C=O) groups excluding carboxylic acids is 1. The van der Waals surface area contributed by atoms with E-state index in [1.807, 2.05) is 38.1 Å². The molecule has 0 radical (unpaired) electrons. The lowest BCUT2D eigenvalue weighted by Gasteiger charge is -2.06. The molecule has 1 aromatic carbocycles. The van der Waals surface area contributed by atoms with Crippen molar-refractivity contribution in [3.63, 3.8) is 0 Å². The van der Waals surface area contributed by atoms with Gasteiger partial charge in [0, 0.05) is 30.6 Å². The predicted molar refractivity (Wildman–Crippen MR) is 88.4 cm³/mol. The topological polar surface area (TPSA) is 85.8 Å². The highest BCUT2D eigenvalue weighted by atomic mass is 16.3. The van der Waals surface area contributed by atoms with Crippen molar-refractivity contribution in [3.8, 4) is 11.4 Å². The van der Waals surface area contributed by atoms with Crippen molar-refractivity contribution in [3.05, 3.63) is 53.5 Å². The first-order valence-electron chi connectivity index (χ1n) is 7.87. The van der Waals surface area contributed by atoms with Gasteiger partial charge >= 0.3 is 0 Å². The third-order valence-electron chi connectivity index (χ3n) is 3.67. The van der Waals surface area contributed by atoms with Crippen LogP contribution in [-0.4, -0.2) is 32.7 Å². The van der Waals surface area contributed by atoms with Gasteiger partial charge in [0.25, 0.3) is 5.91 Å². The number of nitrogens with one attached hydrogen (secondary N) is 1. The van der Waals surface area contributed by atoms with Crippen LogP contribution in [0.15, 0.2) is 40.8 Å². The zero-order valence-electron chi connectivity index (χ0n) is 13.7. The summed E-state index contributed by atoms with van der Waals surface area (Å²) in [5, 5.41) is 14.5. The van der Waals surface area contributed by atoms with E-state index in [0.717, 1.165) is 17.1 Å². The Morgan fingerprint density at radius 3 is 2.92 bits per heavy atom. The lowest BCUT2D eigenvalue weighted by atomic mass is 10.1. The van der Waals surface area contributed by atoms with Gasteiger partial charge in [0.05, 0.1) is 0 Å². The van der Waals surface area contributed by atoms with Crippen LogP contribution in [0.3, 0.4) is 0 Å². The Bertz CT molecular complexity index is 837. The highest BCUT2D eigenvalue weighted by Gasteiger charge is 2.11. The number of nitrogens with zero attached hydrogens (tertiary/aromatic N) is 4. The van der Waals surface area contributed by atoms with E-state index in [-0.39, 0.29) is 5.91 Å². The van der Waals surface area contributed by atoms with Crippen LogP contribution in [0.1, 0.15) is 28.8 Å². The molecular formula is C17H19N5O2. The van der Waals surface area contributed by atoms with E-state index in [0.29, 0.717) is 30.9 Å². The maximum atomic E-state index is 12.3. The number of hydrogen-bond acceptors (Lipinski definition) is 5. The van der Waals surface area contributed by atoms with E-state index in [9.17, 15) is 4.79 Å². The van der Waals surface area contributed by atoms with E-state index in [4.69, 9.17) is 4.42 Å². The lowest BCUT2D eigenvalue weighted by molar-refractivity contribution is 0.0953. The fourth-order valence-electron chi connectivity index (χ4n) is 2.44. The molecule has 24 heavy (non-hydrogen) atoms. The third-order valence-corrected chi connectivity index (χ3v) is 3.67. The summed E-state index contributed by atoms with van der Waals surface area (Å²) >= 11 is 0. The number of aromatic nitrogens is 4. The van der Waals surface area contributed by atoms with Gasteiger partial charge in [-0.05, 0) is 48.5 Å². The Balaban J connectivity index is 1.66. The highest BCUT2D eigenvalue weighted by molar-refractivity contribution is 5.95. The molecule has 124 valence electrons. The first-order chi connectivity index (χ1) is 11.7. The second-order valence-corrected chi connectivity index (χ2v) is 5.42. The number of tetrazole rings is 1. The zero-order chi connectivity index (χ0) is 16.9. The Kier molecular flexibility index (Phi) is 4.69. The molecule has 0 saturated heterocycles. The van der Waals surface area contributed by atoms with Gasteiger partial charge in [-0.25, -0.2) is 4.68 Å². The Morgan fingerprint density at radius 2 is 2.17 bits per heavy atom. The van der Waals surface area contributed by atoms with Crippen molar-refractivity contribution in [2.75, 3.05) is 6.54 Å². The van der Waals surface area contributed by atoms with Gasteiger partial charge in [-0.2, -0.15) is 0 Å². The molecule has 0 spiro atoms. The van der Waals surface area contributed by atoms with Crippen LogP contribution in [0.2, 0.25) is 0 Å². The first kappa shape index (κ1) is 15.9. The van der Waals surface area contributed by atoms with Crippen molar-refractivity contribution in [1.82, 2.24) is 25.5 Å². The van der Waals surface area contributed by atoms with Crippen molar-refractivity contribution < 1.29 is 9.21 Å². The van der Waals surface area contributed by atoms with E-state index in [1.54, 1.807) is 16.8 Å². The summed E-state index contributed by atoms with van der Waals surface area (Å²) in [6.45, 7) is 5.05. The number of aryl methyl sites for hydroxylation is 2. The van der Waals surface area contributed by atoms with Crippen LogP contribution in [0.25, 0.3) is 11.4 Å². The normalized spacial score (nSPS) is 10.8. The molecule has 3 rings (SSSR count). The summed E-state index contributed by atoms with van der Waals surface area (Å²) in [5.74, 6) is 2.26. The Hall–Kier alpha value is -2.96. The van der Waals surface area contributed by atoms with Crippen molar-refractivity contribution in [2.45, 2.75) is 26.8 Å². The summed E-state index contributed by atoms with van der Waals surface area (Å²) in [5.41, 5.74) is 1.39. The van der Waals surface area contributed by atoms with E-state index < -0.39 is 0 Å². The predicted octanol–water partition coefficient (Wildman–Crippen LogP) is 2.23. The number of furan rings is 1. The van der Waals surface area contributed by atoms with Gasteiger partial charge in [0.1, 0.15) is 11.5 Å². The van der Waals surface area contributed by atoms with Crippen LogP contribution in [0.4, 0.5) is 0 Å². The second kappa shape index (κ2) is 7.08. The molecule has 0 atom stereocenters. The number of benzene rings is 1. The molecule has 0 aliphatic carbocycles. The lowest BCUT2D eigenvalue weighted by Crippen LogP contribution is -2.25. The Morgan fingerprint density at radius 1 is 1.29 bits per heavy atom. The molecule has 0 unspecified atom stereocenters. The van der Waals surface area contributed by atoms with Crippen LogP contribution in [0, 0.1) is 6.92 Å². The maximum absolute atomic E-state index is 12.3. The molecule has 0 bridgehead atoms. The minimum absolute atomic E-state index is 0.129. The van der Waals surface area contributed by atoms with E-state index >= 15 is 0 Å². The SMILES string of the molecule is CCn1nnnc1-c1cccc(C(=O)NCCc2ccc(C)o2)c1. The molecule has 7 heteroatoms. The Labute approximate surface area is 139 Å². The highest BCUT2D eigenvalue weighted by Crippen LogP contribution is 2.17. The fraction of sp³-hybridized carbons (Fsp3) is 0.294. The standard InChI is InChI=1S/C17H19N5O2/c1-3-22-16(19-20-21-22)13-5-4-6-14(11-13)17(23)18-10-9-15-8-7-12(2)24-15/h4-8,11H,3,9-10H2,1-2H3,(H,18,23). The number of amides is 1. The fourth-order valence-corrected chi connectivity index (χ4v) is 2.44. The molecule has 0 aliphatic rings. The van der Waals surface area contributed by atoms with Crippen LogP contribution >= 0.6 is 0 Å². The third kappa shape index (κ3) is 3.51. The van der Waals surface area contributed by atoms with Crippen LogP contribution in [0.5, 0.6) is 0 Å². The van der Waals surface area contributed by atoms with Gasteiger partial charge < -0.3 is 9.73 Å². The van der Waals surface area contributed by atoms with E-state index in [1.165, 1.54) is 0 Å². The maximum Gasteiger partial charge on any atom is 0.251 e. The molecular weight excluding hydrogens is 306 g/mol. The number of rotatable bonds is 6. The molecule has 2 heterocycles. The number of carbonyl (C=O) groups is 1. The zero-order valence-corrected chi connectivity index (χ0v) is 13.7. The summed E-state index contributed by atoms with van der Waals surface area (Å²) in [6, 6.07) is 11.1.